The van der Waals surface area contributed by atoms with Gasteiger partial charge in [0.15, 0.2) is 0 Å². The Morgan fingerprint density at radius 1 is 0.913 bits per heavy atom. The van der Waals surface area contributed by atoms with E-state index in [4.69, 9.17) is 5.11 Å². The molecule has 0 bridgehead atoms. The standard InChI is InChI=1S/C17H12O6/c1-23-17(22)13-7-5-11(9-15(13)19)3-2-10-4-6-12(16(20)21)14(18)8-10/h4-9,18-19H,1H3,(H,20,21). The van der Waals surface area contributed by atoms with Gasteiger partial charge in [-0.2, -0.15) is 0 Å². The summed E-state index contributed by atoms with van der Waals surface area (Å²) in [7, 11) is 1.21. The van der Waals surface area contributed by atoms with Gasteiger partial charge < -0.3 is 20.1 Å². The number of aromatic hydroxyl groups is 2. The van der Waals surface area contributed by atoms with Crippen LogP contribution in [0.5, 0.6) is 11.5 Å². The Labute approximate surface area is 131 Å². The highest BCUT2D eigenvalue weighted by molar-refractivity contribution is 5.92. The zero-order chi connectivity index (χ0) is 17.0. The van der Waals surface area contributed by atoms with E-state index in [1.165, 1.54) is 43.5 Å². The molecule has 0 spiro atoms. The lowest BCUT2D eigenvalue weighted by atomic mass is 10.1. The van der Waals surface area contributed by atoms with Gasteiger partial charge in [-0.05, 0) is 36.4 Å². The molecular weight excluding hydrogens is 300 g/mol. The van der Waals surface area contributed by atoms with Crippen LogP contribution in [-0.4, -0.2) is 34.4 Å². The van der Waals surface area contributed by atoms with Crippen molar-refractivity contribution in [2.75, 3.05) is 7.11 Å². The molecule has 0 heterocycles. The Kier molecular flexibility index (Phi) is 4.52. The van der Waals surface area contributed by atoms with E-state index in [0.29, 0.717) is 11.1 Å². The lowest BCUT2D eigenvalue weighted by Gasteiger charge is -2.02. The number of carboxylic acid groups (broad SMARTS) is 1. The van der Waals surface area contributed by atoms with E-state index in [1.807, 2.05) is 0 Å². The van der Waals surface area contributed by atoms with Crippen LogP contribution in [0.3, 0.4) is 0 Å². The van der Waals surface area contributed by atoms with Crippen molar-refractivity contribution < 1.29 is 29.6 Å². The molecule has 2 aromatic carbocycles. The first-order valence-electron chi connectivity index (χ1n) is 6.42. The number of phenolic OH excluding ortho intramolecular Hbond substituents is 1. The van der Waals surface area contributed by atoms with Crippen LogP contribution >= 0.6 is 0 Å². The third-order valence-corrected chi connectivity index (χ3v) is 2.98. The molecule has 116 valence electrons. The van der Waals surface area contributed by atoms with Gasteiger partial charge in [-0.1, -0.05) is 11.8 Å². The highest BCUT2D eigenvalue weighted by Crippen LogP contribution is 2.20. The second-order valence-electron chi connectivity index (χ2n) is 4.51. The third-order valence-electron chi connectivity index (χ3n) is 2.98. The van der Waals surface area contributed by atoms with E-state index in [2.05, 4.69) is 16.6 Å². The van der Waals surface area contributed by atoms with Crippen LogP contribution in [0.2, 0.25) is 0 Å². The van der Waals surface area contributed by atoms with E-state index in [-0.39, 0.29) is 22.6 Å². The first-order chi connectivity index (χ1) is 10.9. The molecule has 0 atom stereocenters. The highest BCUT2D eigenvalue weighted by atomic mass is 16.5. The van der Waals surface area contributed by atoms with E-state index in [0.717, 1.165) is 0 Å². The number of esters is 1. The monoisotopic (exact) mass is 312 g/mol. The van der Waals surface area contributed by atoms with Crippen molar-refractivity contribution in [1.29, 1.82) is 0 Å². The third kappa shape index (κ3) is 3.60. The summed E-state index contributed by atoms with van der Waals surface area (Å²) in [5.74, 6) is 2.94. The van der Waals surface area contributed by atoms with Crippen molar-refractivity contribution in [2.24, 2.45) is 0 Å². The molecule has 3 N–H and O–H groups in total. The van der Waals surface area contributed by atoms with Crippen molar-refractivity contribution in [3.63, 3.8) is 0 Å². The van der Waals surface area contributed by atoms with Gasteiger partial charge in [0.05, 0.1) is 7.11 Å². The van der Waals surface area contributed by atoms with Crippen LogP contribution in [0.1, 0.15) is 31.8 Å². The minimum absolute atomic E-state index is 0.0292. The maximum absolute atomic E-state index is 11.4. The Morgan fingerprint density at radius 3 is 1.78 bits per heavy atom. The molecule has 0 aliphatic carbocycles. The van der Waals surface area contributed by atoms with E-state index >= 15 is 0 Å². The lowest BCUT2D eigenvalue weighted by molar-refractivity contribution is 0.0596. The number of rotatable bonds is 2. The Morgan fingerprint density at radius 2 is 1.39 bits per heavy atom. The molecule has 2 rings (SSSR count). The molecule has 23 heavy (non-hydrogen) atoms. The number of carbonyl (C=O) groups is 2. The van der Waals surface area contributed by atoms with Crippen molar-refractivity contribution >= 4 is 11.9 Å². The number of hydrogen-bond donors (Lipinski definition) is 3. The summed E-state index contributed by atoms with van der Waals surface area (Å²) in [6.45, 7) is 0. The maximum Gasteiger partial charge on any atom is 0.341 e. The Balaban J connectivity index is 2.29. The summed E-state index contributed by atoms with van der Waals surface area (Å²) in [5.41, 5.74) is 0.665. The van der Waals surface area contributed by atoms with Gasteiger partial charge in [-0.3, -0.25) is 0 Å². The molecule has 0 amide bonds. The molecule has 0 aromatic heterocycles. The number of ether oxygens (including phenoxy) is 1. The maximum atomic E-state index is 11.4. The summed E-state index contributed by atoms with van der Waals surface area (Å²) in [6, 6.07) is 8.17. The van der Waals surface area contributed by atoms with E-state index in [9.17, 15) is 19.8 Å². The molecule has 6 heteroatoms. The number of aromatic carboxylic acids is 1. The molecule has 0 saturated heterocycles. The largest absolute Gasteiger partial charge is 0.507 e. The predicted octanol–water partition coefficient (Wildman–Crippen LogP) is 1.98. The van der Waals surface area contributed by atoms with Gasteiger partial charge in [-0.15, -0.1) is 0 Å². The van der Waals surface area contributed by atoms with Gasteiger partial charge in [0.2, 0.25) is 0 Å². The summed E-state index contributed by atoms with van der Waals surface area (Å²) in [4.78, 5) is 22.2. The van der Waals surface area contributed by atoms with Gasteiger partial charge in [0.25, 0.3) is 0 Å². The zero-order valence-corrected chi connectivity index (χ0v) is 12.0. The molecule has 0 radical (unpaired) electrons. The average molecular weight is 312 g/mol. The van der Waals surface area contributed by atoms with Crippen LogP contribution in [0.4, 0.5) is 0 Å². The molecule has 0 aliphatic heterocycles. The fourth-order valence-corrected chi connectivity index (χ4v) is 1.83. The average Bonchev–Trinajstić information content (AvgIpc) is 2.52. The van der Waals surface area contributed by atoms with Crippen molar-refractivity contribution in [2.45, 2.75) is 0 Å². The first-order valence-corrected chi connectivity index (χ1v) is 6.42. The molecule has 0 fully saturated rings. The second kappa shape index (κ2) is 6.54. The number of carboxylic acids is 1. The summed E-state index contributed by atoms with van der Waals surface area (Å²) in [6.07, 6.45) is 0. The summed E-state index contributed by atoms with van der Waals surface area (Å²) >= 11 is 0. The van der Waals surface area contributed by atoms with Crippen molar-refractivity contribution in [3.8, 4) is 23.3 Å². The minimum atomic E-state index is -1.23. The first kappa shape index (κ1) is 15.9. The van der Waals surface area contributed by atoms with Crippen LogP contribution in [0.15, 0.2) is 36.4 Å². The number of methoxy groups -OCH3 is 1. The molecular formula is C17H12O6. The fourth-order valence-electron chi connectivity index (χ4n) is 1.83. The van der Waals surface area contributed by atoms with Crippen molar-refractivity contribution in [1.82, 2.24) is 0 Å². The molecule has 0 saturated carbocycles. The fraction of sp³-hybridized carbons (Fsp3) is 0.0588. The number of benzene rings is 2. The summed E-state index contributed by atoms with van der Waals surface area (Å²) in [5, 5.41) is 28.2. The van der Waals surface area contributed by atoms with Crippen LogP contribution in [-0.2, 0) is 4.74 Å². The number of hydrogen-bond acceptors (Lipinski definition) is 5. The predicted molar refractivity (Wildman–Crippen MR) is 80.5 cm³/mol. The Bertz CT molecular complexity index is 842. The smallest absolute Gasteiger partial charge is 0.341 e. The molecule has 0 aliphatic rings. The van der Waals surface area contributed by atoms with Crippen LogP contribution in [0, 0.1) is 11.8 Å². The van der Waals surface area contributed by atoms with Gasteiger partial charge in [0, 0.05) is 11.1 Å². The minimum Gasteiger partial charge on any atom is -0.507 e. The normalized spacial score (nSPS) is 9.61. The number of carbonyl (C=O) groups excluding carboxylic acids is 1. The molecule has 2 aromatic rings. The second-order valence-corrected chi connectivity index (χ2v) is 4.51. The van der Waals surface area contributed by atoms with Gasteiger partial charge in [-0.25, -0.2) is 9.59 Å². The van der Waals surface area contributed by atoms with Crippen LogP contribution < -0.4 is 0 Å². The Hall–Kier alpha value is -3.46. The van der Waals surface area contributed by atoms with Gasteiger partial charge >= 0.3 is 11.9 Å². The SMILES string of the molecule is COC(=O)c1ccc(C#Cc2ccc(C(=O)O)c(O)c2)cc1O. The van der Waals surface area contributed by atoms with E-state index in [1.54, 1.807) is 0 Å². The van der Waals surface area contributed by atoms with Gasteiger partial charge in [0.1, 0.15) is 22.6 Å². The lowest BCUT2D eigenvalue weighted by Crippen LogP contribution is -2.01. The highest BCUT2D eigenvalue weighted by Gasteiger charge is 2.11. The quantitative estimate of drug-likeness (QED) is 0.578. The van der Waals surface area contributed by atoms with Crippen molar-refractivity contribution in [3.05, 3.63) is 58.7 Å². The summed E-state index contributed by atoms with van der Waals surface area (Å²) < 4.78 is 4.52. The molecule has 0 unspecified atom stereocenters. The molecule has 6 nitrogen and oxygen atoms in total. The topological polar surface area (TPSA) is 104 Å². The number of phenols is 2. The van der Waals surface area contributed by atoms with Crippen LogP contribution in [0.25, 0.3) is 0 Å². The zero-order valence-electron chi connectivity index (χ0n) is 12.0. The van der Waals surface area contributed by atoms with E-state index < -0.39 is 11.9 Å².